The van der Waals surface area contributed by atoms with E-state index >= 15 is 0 Å². The number of hydrogen-bond acceptors (Lipinski definition) is 4. The number of aryl methyl sites for hydroxylation is 1. The minimum Gasteiger partial charge on any atom is -0.369 e. The van der Waals surface area contributed by atoms with Gasteiger partial charge in [-0.05, 0) is 6.92 Å². The van der Waals surface area contributed by atoms with E-state index in [1.807, 2.05) is 0 Å². The molecule has 0 saturated heterocycles. The molecule has 0 saturated carbocycles. The zero-order chi connectivity index (χ0) is 7.84. The van der Waals surface area contributed by atoms with Gasteiger partial charge in [0.05, 0.1) is 6.20 Å². The van der Waals surface area contributed by atoms with Crippen molar-refractivity contribution in [3.05, 3.63) is 18.3 Å². The number of nitrogens with two attached hydrogens (primary N) is 1. The van der Waals surface area contributed by atoms with Crippen LogP contribution in [0.2, 0.25) is 0 Å². The minimum absolute atomic E-state index is 0.421. The van der Waals surface area contributed by atoms with Crippen LogP contribution in [-0.4, -0.2) is 19.4 Å². The molecule has 0 amide bonds. The Morgan fingerprint density at radius 1 is 1.45 bits per heavy atom. The Hall–Kier alpha value is -1.65. The number of nitrogens with zero attached hydrogens (tertiary/aromatic N) is 4. The summed E-state index contributed by atoms with van der Waals surface area (Å²) in [5, 5.41) is 0. The van der Waals surface area contributed by atoms with Gasteiger partial charge in [-0.2, -0.15) is 4.98 Å². The second kappa shape index (κ2) is 1.91. The van der Waals surface area contributed by atoms with Crippen LogP contribution in [0, 0.1) is 6.92 Å². The fourth-order valence-electron chi connectivity index (χ4n) is 0.958. The Morgan fingerprint density at radius 3 is 3.09 bits per heavy atom. The predicted octanol–water partition coefficient (Wildman–Crippen LogP) is 0.0149. The lowest BCUT2D eigenvalue weighted by molar-refractivity contribution is 0.980. The molecular formula is C6H7N5. The van der Waals surface area contributed by atoms with Crippen molar-refractivity contribution in [2.24, 2.45) is 0 Å². The highest BCUT2D eigenvalue weighted by molar-refractivity contribution is 5.40. The number of hydrogen-bond donors (Lipinski definition) is 1. The van der Waals surface area contributed by atoms with Crippen molar-refractivity contribution >= 4 is 11.6 Å². The van der Waals surface area contributed by atoms with Gasteiger partial charge < -0.3 is 5.73 Å². The zero-order valence-electron chi connectivity index (χ0n) is 6.02. The number of anilines is 1. The van der Waals surface area contributed by atoms with E-state index < -0.39 is 0 Å². The maximum absolute atomic E-state index is 5.57. The molecule has 0 aliphatic rings. The van der Waals surface area contributed by atoms with Gasteiger partial charge in [0.25, 0.3) is 0 Å². The molecule has 0 aliphatic heterocycles. The SMILES string of the molecule is Cc1nc(N)n2cncc2n1. The van der Waals surface area contributed by atoms with Crippen molar-refractivity contribution in [1.82, 2.24) is 19.4 Å². The lowest BCUT2D eigenvalue weighted by Gasteiger charge is -1.97. The maximum Gasteiger partial charge on any atom is 0.209 e. The first-order valence-electron chi connectivity index (χ1n) is 3.19. The molecule has 0 bridgehead atoms. The molecule has 0 atom stereocenters. The van der Waals surface area contributed by atoms with Crippen molar-refractivity contribution in [2.75, 3.05) is 5.73 Å². The summed E-state index contributed by atoms with van der Waals surface area (Å²) in [5.74, 6) is 1.08. The number of nitrogen functional groups attached to an aromatic ring is 1. The monoisotopic (exact) mass is 149 g/mol. The minimum atomic E-state index is 0.421. The highest BCUT2D eigenvalue weighted by atomic mass is 15.2. The standard InChI is InChI=1S/C6H7N5/c1-4-9-5-2-8-3-11(5)6(7)10-4/h2-3H,1H3,(H2,7,9,10). The van der Waals surface area contributed by atoms with Crippen molar-refractivity contribution < 1.29 is 0 Å². The fraction of sp³-hybridized carbons (Fsp3) is 0.167. The van der Waals surface area contributed by atoms with Crippen molar-refractivity contribution in [2.45, 2.75) is 6.92 Å². The van der Waals surface area contributed by atoms with Crippen molar-refractivity contribution in [1.29, 1.82) is 0 Å². The van der Waals surface area contributed by atoms with Gasteiger partial charge >= 0.3 is 0 Å². The van der Waals surface area contributed by atoms with Crippen LogP contribution in [-0.2, 0) is 0 Å². The number of fused-ring (bicyclic) bond motifs is 1. The molecule has 2 aromatic heterocycles. The summed E-state index contributed by atoms with van der Waals surface area (Å²) < 4.78 is 1.63. The van der Waals surface area contributed by atoms with Crippen LogP contribution < -0.4 is 5.73 Å². The molecule has 5 nitrogen and oxygen atoms in total. The molecule has 0 fully saturated rings. The van der Waals surface area contributed by atoms with Crippen LogP contribution in [0.1, 0.15) is 5.82 Å². The Morgan fingerprint density at radius 2 is 2.27 bits per heavy atom. The van der Waals surface area contributed by atoms with Crippen molar-refractivity contribution in [3.8, 4) is 0 Å². The molecule has 0 aliphatic carbocycles. The second-order valence-electron chi connectivity index (χ2n) is 2.25. The maximum atomic E-state index is 5.57. The van der Waals surface area contributed by atoms with Crippen molar-refractivity contribution in [3.63, 3.8) is 0 Å². The van der Waals surface area contributed by atoms with Crippen LogP contribution >= 0.6 is 0 Å². The van der Waals surface area contributed by atoms with E-state index in [-0.39, 0.29) is 0 Å². The predicted molar refractivity (Wildman–Crippen MR) is 39.9 cm³/mol. The molecule has 5 heteroatoms. The Kier molecular flexibility index (Phi) is 1.06. The van der Waals surface area contributed by atoms with E-state index in [1.54, 1.807) is 23.8 Å². The first-order valence-corrected chi connectivity index (χ1v) is 3.19. The van der Waals surface area contributed by atoms with Crippen LogP contribution in [0.4, 0.5) is 5.95 Å². The van der Waals surface area contributed by atoms with E-state index in [9.17, 15) is 0 Å². The van der Waals surface area contributed by atoms with Gasteiger partial charge in [-0.15, -0.1) is 0 Å². The lowest BCUT2D eigenvalue weighted by Crippen LogP contribution is -2.02. The fourth-order valence-corrected chi connectivity index (χ4v) is 0.958. The third kappa shape index (κ3) is 0.813. The quantitative estimate of drug-likeness (QED) is 0.573. The van der Waals surface area contributed by atoms with E-state index in [0.29, 0.717) is 11.8 Å². The Bertz CT molecular complexity index is 391. The van der Waals surface area contributed by atoms with Crippen LogP contribution in [0.25, 0.3) is 5.65 Å². The van der Waals surface area contributed by atoms with Crippen LogP contribution in [0.5, 0.6) is 0 Å². The summed E-state index contributed by atoms with van der Waals surface area (Å²) in [6.07, 6.45) is 3.23. The Balaban J connectivity index is 2.91. The molecule has 2 rings (SSSR count). The normalized spacial score (nSPS) is 10.6. The lowest BCUT2D eigenvalue weighted by atomic mass is 10.6. The average molecular weight is 149 g/mol. The number of imidazole rings is 1. The first kappa shape index (κ1) is 6.09. The summed E-state index contributed by atoms with van der Waals surface area (Å²) in [4.78, 5) is 12.0. The largest absolute Gasteiger partial charge is 0.369 e. The van der Waals surface area contributed by atoms with Gasteiger partial charge in [0.1, 0.15) is 12.2 Å². The molecule has 56 valence electrons. The topological polar surface area (TPSA) is 69.1 Å². The van der Waals surface area contributed by atoms with Gasteiger partial charge in [0, 0.05) is 0 Å². The molecule has 2 aromatic rings. The third-order valence-corrected chi connectivity index (χ3v) is 1.42. The molecule has 11 heavy (non-hydrogen) atoms. The molecular weight excluding hydrogens is 142 g/mol. The zero-order valence-corrected chi connectivity index (χ0v) is 6.02. The van der Waals surface area contributed by atoms with Gasteiger partial charge in [0.15, 0.2) is 5.65 Å². The molecule has 0 spiro atoms. The second-order valence-corrected chi connectivity index (χ2v) is 2.25. The average Bonchev–Trinajstić information content (AvgIpc) is 2.34. The van der Waals surface area contributed by atoms with Gasteiger partial charge in [-0.1, -0.05) is 0 Å². The molecule has 2 heterocycles. The Labute approximate surface area is 62.9 Å². The van der Waals surface area contributed by atoms with E-state index in [1.165, 1.54) is 0 Å². The van der Waals surface area contributed by atoms with Gasteiger partial charge in [-0.3, -0.25) is 4.40 Å². The van der Waals surface area contributed by atoms with E-state index in [0.717, 1.165) is 5.65 Å². The summed E-state index contributed by atoms with van der Waals surface area (Å²) in [7, 11) is 0. The molecule has 0 radical (unpaired) electrons. The van der Waals surface area contributed by atoms with E-state index in [2.05, 4.69) is 15.0 Å². The van der Waals surface area contributed by atoms with Gasteiger partial charge in [-0.25, -0.2) is 9.97 Å². The third-order valence-electron chi connectivity index (χ3n) is 1.42. The number of aromatic nitrogens is 4. The molecule has 2 N–H and O–H groups in total. The van der Waals surface area contributed by atoms with Crippen LogP contribution in [0.15, 0.2) is 12.5 Å². The first-order chi connectivity index (χ1) is 5.27. The summed E-state index contributed by atoms with van der Waals surface area (Å²) >= 11 is 0. The number of rotatable bonds is 0. The van der Waals surface area contributed by atoms with Crippen LogP contribution in [0.3, 0.4) is 0 Å². The highest BCUT2D eigenvalue weighted by Crippen LogP contribution is 2.03. The molecule has 0 aromatic carbocycles. The smallest absolute Gasteiger partial charge is 0.209 e. The molecule has 0 unspecified atom stereocenters. The summed E-state index contributed by atoms with van der Waals surface area (Å²) in [5.41, 5.74) is 6.30. The van der Waals surface area contributed by atoms with Gasteiger partial charge in [0.2, 0.25) is 5.95 Å². The highest BCUT2D eigenvalue weighted by Gasteiger charge is 1.99. The van der Waals surface area contributed by atoms with E-state index in [4.69, 9.17) is 5.73 Å². The summed E-state index contributed by atoms with van der Waals surface area (Å²) in [6, 6.07) is 0. The summed E-state index contributed by atoms with van der Waals surface area (Å²) in [6.45, 7) is 1.80.